The molecule has 0 radical (unpaired) electrons. The molecule has 0 fully saturated rings. The zero-order valence-corrected chi connectivity index (χ0v) is 11.1. The van der Waals surface area contributed by atoms with Crippen molar-refractivity contribution < 1.29 is 9.90 Å². The van der Waals surface area contributed by atoms with Gasteiger partial charge in [-0.25, -0.2) is 4.79 Å². The summed E-state index contributed by atoms with van der Waals surface area (Å²) in [5, 5.41) is 21.3. The van der Waals surface area contributed by atoms with E-state index in [0.29, 0.717) is 19.4 Å². The number of H-pyrrole nitrogens is 1. The summed E-state index contributed by atoms with van der Waals surface area (Å²) in [7, 11) is 0. The van der Waals surface area contributed by atoms with Crippen LogP contribution < -0.4 is 11.5 Å². The van der Waals surface area contributed by atoms with Crippen LogP contribution in [-0.4, -0.2) is 46.4 Å². The highest BCUT2D eigenvalue weighted by Gasteiger charge is 2.13. The molecule has 8 heteroatoms. The highest BCUT2D eigenvalue weighted by atomic mass is 16.4. The van der Waals surface area contributed by atoms with E-state index in [4.69, 9.17) is 16.2 Å². The summed E-state index contributed by atoms with van der Waals surface area (Å²) in [5.74, 6) is -0.926. The topological polar surface area (TPSA) is 154 Å². The molecule has 0 amide bonds. The molecule has 1 rings (SSSR count). The van der Waals surface area contributed by atoms with Crippen LogP contribution in [0.2, 0.25) is 0 Å². The first-order valence-corrected chi connectivity index (χ1v) is 5.98. The normalized spacial score (nSPS) is 12.1. The fourth-order valence-electron chi connectivity index (χ4n) is 1.23. The summed E-state index contributed by atoms with van der Waals surface area (Å²) in [5.41, 5.74) is 10.6. The monoisotopic (exact) mass is 280 g/mol. The Morgan fingerprint density at radius 3 is 2.85 bits per heavy atom. The Morgan fingerprint density at radius 1 is 1.65 bits per heavy atom. The van der Waals surface area contributed by atoms with Crippen LogP contribution in [0.25, 0.3) is 6.08 Å². The largest absolute Gasteiger partial charge is 0.480 e. The number of aromatic amines is 1. The third-order valence-corrected chi connectivity index (χ3v) is 2.12. The third kappa shape index (κ3) is 8.59. The molecule has 1 unspecified atom stereocenters. The first-order chi connectivity index (χ1) is 9.65. The fraction of sp³-hybridized carbons (Fsp3) is 0.333. The number of nitrogens with one attached hydrogen (secondary N) is 2. The summed E-state index contributed by atoms with van der Waals surface area (Å²) in [6.45, 7) is 0.475. The Balaban J connectivity index is 0.00000110. The maximum Gasteiger partial charge on any atom is 0.328 e. The number of carboxylic acid groups (broad SMARTS) is 1. The molecular formula is C12H20N6O2. The molecule has 7 N–H and O–H groups in total. The van der Waals surface area contributed by atoms with Crippen LogP contribution in [0, 0.1) is 5.41 Å². The van der Waals surface area contributed by atoms with Gasteiger partial charge in [0.05, 0.1) is 12.0 Å². The van der Waals surface area contributed by atoms with Gasteiger partial charge in [-0.2, -0.15) is 5.10 Å². The molecular weight excluding hydrogens is 260 g/mol. The number of carbonyl (C=O) groups is 1. The van der Waals surface area contributed by atoms with Gasteiger partial charge in [0.25, 0.3) is 0 Å². The second-order valence-corrected chi connectivity index (χ2v) is 3.62. The molecule has 1 aromatic heterocycles. The molecule has 8 nitrogen and oxygen atoms in total. The van der Waals surface area contributed by atoms with Crippen molar-refractivity contribution in [3.05, 3.63) is 24.0 Å². The smallest absolute Gasteiger partial charge is 0.328 e. The number of aliphatic carboxylic acids is 1. The van der Waals surface area contributed by atoms with Crippen molar-refractivity contribution in [3.63, 3.8) is 0 Å². The molecule has 1 atom stereocenters. The molecule has 0 saturated heterocycles. The Morgan fingerprint density at radius 2 is 2.35 bits per heavy atom. The molecule has 0 aromatic carbocycles. The van der Waals surface area contributed by atoms with Crippen LogP contribution in [0.1, 0.15) is 18.5 Å². The van der Waals surface area contributed by atoms with Crippen LogP contribution in [0.15, 0.2) is 23.3 Å². The van der Waals surface area contributed by atoms with Gasteiger partial charge in [0.15, 0.2) is 0 Å². The number of rotatable bonds is 7. The van der Waals surface area contributed by atoms with Gasteiger partial charge in [-0.3, -0.25) is 15.5 Å². The van der Waals surface area contributed by atoms with Gasteiger partial charge in [-0.1, -0.05) is 0 Å². The maximum absolute atomic E-state index is 10.8. The summed E-state index contributed by atoms with van der Waals surface area (Å²) in [6, 6.07) is 1.08. The first kappa shape index (κ1) is 17.5. The minimum atomic E-state index is -0.926. The summed E-state index contributed by atoms with van der Waals surface area (Å²) in [6.07, 6.45) is 8.41. The zero-order chi connectivity index (χ0) is 15.2. The lowest BCUT2D eigenvalue weighted by Gasteiger charge is -2.04. The van der Waals surface area contributed by atoms with Crippen molar-refractivity contribution in [1.82, 2.24) is 10.2 Å². The number of hydrogen-bond donors (Lipinski definition) is 5. The molecule has 1 aromatic rings. The first-order valence-electron chi connectivity index (χ1n) is 5.98. The summed E-state index contributed by atoms with van der Waals surface area (Å²) >= 11 is 0. The van der Waals surface area contributed by atoms with Crippen molar-refractivity contribution in [1.29, 1.82) is 5.41 Å². The second-order valence-electron chi connectivity index (χ2n) is 3.62. The Labute approximate surface area is 117 Å². The number of aliphatic imine (C=N–C) groups is 1. The van der Waals surface area contributed by atoms with Gasteiger partial charge in [0, 0.05) is 12.4 Å². The van der Waals surface area contributed by atoms with E-state index < -0.39 is 12.0 Å². The van der Waals surface area contributed by atoms with Crippen molar-refractivity contribution in [3.8, 4) is 0 Å². The molecule has 0 bridgehead atoms. The third-order valence-electron chi connectivity index (χ3n) is 2.12. The molecule has 20 heavy (non-hydrogen) atoms. The SMILES string of the molecule is N=CN.NCCCC(N=C/C=C/c1ccn[nH]1)C(=O)O. The molecule has 0 saturated carbocycles. The highest BCUT2D eigenvalue weighted by Crippen LogP contribution is 2.01. The Bertz CT molecular complexity index is 427. The van der Waals surface area contributed by atoms with E-state index >= 15 is 0 Å². The Kier molecular flexibility index (Phi) is 10.2. The lowest BCUT2D eigenvalue weighted by atomic mass is 10.1. The summed E-state index contributed by atoms with van der Waals surface area (Å²) in [4.78, 5) is 14.8. The van der Waals surface area contributed by atoms with Crippen molar-refractivity contribution in [2.45, 2.75) is 18.9 Å². The standard InChI is InChI=1S/C11H16N4O2.CH4N2/c12-6-1-4-10(11(16)17)13-7-2-3-9-5-8-14-15-9;2-1-3/h2-3,5,7-8,10H,1,4,6,12H2,(H,14,15)(H,16,17);1H,(H3,2,3)/b3-2+,13-7?;. The van der Waals surface area contributed by atoms with Gasteiger partial charge < -0.3 is 16.6 Å². The van der Waals surface area contributed by atoms with Gasteiger partial charge in [-0.15, -0.1) is 0 Å². The van der Waals surface area contributed by atoms with E-state index in [9.17, 15) is 4.79 Å². The van der Waals surface area contributed by atoms with Gasteiger partial charge in [0.1, 0.15) is 6.04 Å². The average Bonchev–Trinajstić information content (AvgIpc) is 2.91. The predicted octanol–water partition coefficient (Wildman–Crippen LogP) is 0.238. The zero-order valence-electron chi connectivity index (χ0n) is 11.1. The molecule has 0 aliphatic carbocycles. The van der Waals surface area contributed by atoms with E-state index in [1.807, 2.05) is 0 Å². The van der Waals surface area contributed by atoms with Crippen molar-refractivity contribution in [2.24, 2.45) is 16.5 Å². The quantitative estimate of drug-likeness (QED) is 0.357. The van der Waals surface area contributed by atoms with Crippen LogP contribution >= 0.6 is 0 Å². The Hall–Kier alpha value is -2.48. The number of hydrogen-bond acceptors (Lipinski definition) is 5. The molecule has 0 aliphatic heterocycles. The lowest BCUT2D eigenvalue weighted by Crippen LogP contribution is -2.19. The predicted molar refractivity (Wildman–Crippen MR) is 78.8 cm³/mol. The molecule has 110 valence electrons. The molecule has 0 spiro atoms. The van der Waals surface area contributed by atoms with E-state index in [1.165, 1.54) is 6.21 Å². The van der Waals surface area contributed by atoms with E-state index in [1.54, 1.807) is 24.4 Å². The lowest BCUT2D eigenvalue weighted by molar-refractivity contribution is -0.138. The number of allylic oxidation sites excluding steroid dienone is 1. The van der Waals surface area contributed by atoms with Crippen LogP contribution in [0.4, 0.5) is 0 Å². The number of nitrogens with two attached hydrogens (primary N) is 2. The highest BCUT2D eigenvalue weighted by molar-refractivity contribution is 5.81. The van der Waals surface area contributed by atoms with E-state index in [2.05, 4.69) is 20.9 Å². The van der Waals surface area contributed by atoms with Gasteiger partial charge >= 0.3 is 5.97 Å². The molecule has 1 heterocycles. The van der Waals surface area contributed by atoms with Crippen LogP contribution in [0.5, 0.6) is 0 Å². The fourth-order valence-corrected chi connectivity index (χ4v) is 1.23. The number of aromatic nitrogens is 2. The van der Waals surface area contributed by atoms with Crippen molar-refractivity contribution >= 4 is 24.6 Å². The van der Waals surface area contributed by atoms with E-state index in [0.717, 1.165) is 12.0 Å². The average molecular weight is 280 g/mol. The van der Waals surface area contributed by atoms with Crippen LogP contribution in [-0.2, 0) is 4.79 Å². The maximum atomic E-state index is 10.8. The van der Waals surface area contributed by atoms with Gasteiger partial charge in [0.2, 0.25) is 0 Å². The second kappa shape index (κ2) is 11.6. The van der Waals surface area contributed by atoms with Crippen molar-refractivity contribution in [2.75, 3.05) is 6.54 Å². The minimum absolute atomic E-state index is 0.459. The van der Waals surface area contributed by atoms with E-state index in [-0.39, 0.29) is 0 Å². The minimum Gasteiger partial charge on any atom is -0.480 e. The number of nitrogens with zero attached hydrogens (tertiary/aromatic N) is 2. The molecule has 0 aliphatic rings. The van der Waals surface area contributed by atoms with Crippen LogP contribution in [0.3, 0.4) is 0 Å². The number of carboxylic acids is 1. The van der Waals surface area contributed by atoms with Gasteiger partial charge in [-0.05, 0) is 37.6 Å². The summed E-state index contributed by atoms with van der Waals surface area (Å²) < 4.78 is 0.